The summed E-state index contributed by atoms with van der Waals surface area (Å²) in [6.45, 7) is 2.91. The first-order valence-corrected chi connectivity index (χ1v) is 3.47. The van der Waals surface area contributed by atoms with Crippen LogP contribution in [0, 0.1) is 0 Å². The van der Waals surface area contributed by atoms with Gasteiger partial charge in [0.1, 0.15) is 30.2 Å². The normalized spacial score (nSPS) is 20.0. The summed E-state index contributed by atoms with van der Waals surface area (Å²) in [7, 11) is 0. The molecular formula is C7H12O6. The van der Waals surface area contributed by atoms with E-state index in [0.717, 1.165) is 0 Å². The highest BCUT2D eigenvalue weighted by Crippen LogP contribution is 2.08. The summed E-state index contributed by atoms with van der Waals surface area (Å²) in [5.41, 5.74) is 0. The molecule has 13 heavy (non-hydrogen) atoms. The molecule has 4 atom stereocenters. The number of aliphatic hydroxyl groups is 5. The molecule has 0 amide bonds. The predicted octanol–water partition coefficient (Wildman–Crippen LogP) is -2.30. The van der Waals surface area contributed by atoms with Gasteiger partial charge in [0.05, 0.1) is 0 Å². The molecule has 0 aromatic heterocycles. The van der Waals surface area contributed by atoms with Gasteiger partial charge in [-0.3, -0.25) is 0 Å². The molecule has 0 heterocycles. The Balaban J connectivity index is 4.32. The van der Waals surface area contributed by atoms with Crippen molar-refractivity contribution < 1.29 is 30.3 Å². The van der Waals surface area contributed by atoms with E-state index in [9.17, 15) is 4.79 Å². The van der Waals surface area contributed by atoms with Crippen molar-refractivity contribution in [2.24, 2.45) is 0 Å². The average molecular weight is 192 g/mol. The van der Waals surface area contributed by atoms with E-state index in [1.807, 2.05) is 0 Å². The SMILES string of the molecule is C=C(O)[C@@H](O)[C@@H](O)[C@H](O)[C@@H](O)C=O. The van der Waals surface area contributed by atoms with Crippen LogP contribution in [0.4, 0.5) is 0 Å². The topological polar surface area (TPSA) is 118 Å². The molecule has 6 heteroatoms. The first-order valence-electron chi connectivity index (χ1n) is 3.47. The molecule has 0 rings (SSSR count). The molecule has 0 unspecified atom stereocenters. The minimum absolute atomic E-state index is 0.000737. The molecule has 0 fully saturated rings. The summed E-state index contributed by atoms with van der Waals surface area (Å²) in [6, 6.07) is 0. The summed E-state index contributed by atoms with van der Waals surface area (Å²) in [4.78, 5) is 9.96. The lowest BCUT2D eigenvalue weighted by atomic mass is 10.0. The fourth-order valence-corrected chi connectivity index (χ4v) is 0.666. The highest BCUT2D eigenvalue weighted by atomic mass is 16.4. The minimum Gasteiger partial charge on any atom is -0.510 e. The third-order valence-corrected chi connectivity index (χ3v) is 1.50. The van der Waals surface area contributed by atoms with Crippen molar-refractivity contribution in [2.75, 3.05) is 0 Å². The lowest BCUT2D eigenvalue weighted by molar-refractivity contribution is -0.132. The van der Waals surface area contributed by atoms with Crippen molar-refractivity contribution in [2.45, 2.75) is 24.4 Å². The summed E-state index contributed by atoms with van der Waals surface area (Å²) in [6.07, 6.45) is -7.34. The van der Waals surface area contributed by atoms with Crippen LogP contribution in [0.3, 0.4) is 0 Å². The third kappa shape index (κ3) is 3.11. The second kappa shape index (κ2) is 4.93. The van der Waals surface area contributed by atoms with Crippen LogP contribution in [-0.4, -0.2) is 56.2 Å². The molecule has 0 aliphatic rings. The molecule has 5 N–H and O–H groups in total. The van der Waals surface area contributed by atoms with Crippen LogP contribution in [0.1, 0.15) is 0 Å². The van der Waals surface area contributed by atoms with E-state index in [0.29, 0.717) is 0 Å². The van der Waals surface area contributed by atoms with Gasteiger partial charge in [0.15, 0.2) is 6.29 Å². The van der Waals surface area contributed by atoms with Crippen LogP contribution >= 0.6 is 0 Å². The van der Waals surface area contributed by atoms with Gasteiger partial charge in [-0.25, -0.2) is 0 Å². The van der Waals surface area contributed by atoms with Gasteiger partial charge in [-0.15, -0.1) is 0 Å². The van der Waals surface area contributed by atoms with E-state index in [1.165, 1.54) is 0 Å². The van der Waals surface area contributed by atoms with Gasteiger partial charge in [-0.2, -0.15) is 0 Å². The van der Waals surface area contributed by atoms with E-state index >= 15 is 0 Å². The van der Waals surface area contributed by atoms with Gasteiger partial charge in [0.25, 0.3) is 0 Å². The maximum absolute atomic E-state index is 9.96. The third-order valence-electron chi connectivity index (χ3n) is 1.50. The van der Waals surface area contributed by atoms with Gasteiger partial charge in [0.2, 0.25) is 0 Å². The molecule has 0 aliphatic heterocycles. The number of hydrogen-bond acceptors (Lipinski definition) is 6. The molecule has 0 radical (unpaired) electrons. The van der Waals surface area contributed by atoms with Gasteiger partial charge >= 0.3 is 0 Å². The molecule has 6 nitrogen and oxygen atoms in total. The van der Waals surface area contributed by atoms with Gasteiger partial charge in [-0.1, -0.05) is 6.58 Å². The zero-order valence-corrected chi connectivity index (χ0v) is 6.74. The van der Waals surface area contributed by atoms with Crippen molar-refractivity contribution >= 4 is 6.29 Å². The van der Waals surface area contributed by atoms with Gasteiger partial charge in [0, 0.05) is 0 Å². The van der Waals surface area contributed by atoms with Gasteiger partial charge < -0.3 is 30.3 Å². The number of aliphatic hydroxyl groups excluding tert-OH is 5. The largest absolute Gasteiger partial charge is 0.510 e. The second-order valence-corrected chi connectivity index (χ2v) is 2.54. The maximum atomic E-state index is 9.96. The smallest absolute Gasteiger partial charge is 0.151 e. The molecule has 0 aromatic carbocycles. The quantitative estimate of drug-likeness (QED) is 0.247. The van der Waals surface area contributed by atoms with Crippen LogP contribution in [0.15, 0.2) is 12.3 Å². The first-order chi connectivity index (χ1) is 5.91. The Bertz CT molecular complexity index is 191. The van der Waals surface area contributed by atoms with E-state index in [1.54, 1.807) is 0 Å². The summed E-state index contributed by atoms with van der Waals surface area (Å²) in [5, 5.41) is 44.2. The lowest BCUT2D eigenvalue weighted by Gasteiger charge is -2.23. The predicted molar refractivity (Wildman–Crippen MR) is 41.9 cm³/mol. The summed E-state index contributed by atoms with van der Waals surface area (Å²) in [5.74, 6) is -0.760. The van der Waals surface area contributed by atoms with Crippen molar-refractivity contribution in [3.8, 4) is 0 Å². The van der Waals surface area contributed by atoms with E-state index in [4.69, 9.17) is 25.5 Å². The Morgan fingerprint density at radius 2 is 1.62 bits per heavy atom. The van der Waals surface area contributed by atoms with Crippen LogP contribution < -0.4 is 0 Å². The molecule has 0 bridgehead atoms. The second-order valence-electron chi connectivity index (χ2n) is 2.54. The Morgan fingerprint density at radius 3 is 1.92 bits per heavy atom. The Labute approximate surface area is 74.4 Å². The first kappa shape index (κ1) is 12.0. The Morgan fingerprint density at radius 1 is 1.15 bits per heavy atom. The number of carbonyl (C=O) groups is 1. The zero-order chi connectivity index (χ0) is 10.6. The van der Waals surface area contributed by atoms with Crippen molar-refractivity contribution in [1.29, 1.82) is 0 Å². The van der Waals surface area contributed by atoms with Crippen molar-refractivity contribution in [3.63, 3.8) is 0 Å². The number of carbonyl (C=O) groups excluding carboxylic acids is 1. The standard InChI is InChI=1S/C7H12O6/c1-3(9)5(11)7(13)6(12)4(10)2-8/h2,4-7,9-13H,1H2/t4-,5+,6+,7+/m0/s1. The Hall–Kier alpha value is -0.950. The molecular weight excluding hydrogens is 180 g/mol. The fourth-order valence-electron chi connectivity index (χ4n) is 0.666. The highest BCUT2D eigenvalue weighted by molar-refractivity contribution is 5.56. The minimum atomic E-state index is -1.86. The van der Waals surface area contributed by atoms with E-state index < -0.39 is 30.2 Å². The van der Waals surface area contributed by atoms with E-state index in [-0.39, 0.29) is 6.29 Å². The molecule has 76 valence electrons. The van der Waals surface area contributed by atoms with Gasteiger partial charge in [-0.05, 0) is 0 Å². The average Bonchev–Trinajstić information content (AvgIpc) is 2.12. The molecule has 0 aromatic rings. The summed E-state index contributed by atoms with van der Waals surface area (Å²) >= 11 is 0. The zero-order valence-electron chi connectivity index (χ0n) is 6.74. The lowest BCUT2D eigenvalue weighted by Crippen LogP contribution is -2.45. The molecule has 0 saturated carbocycles. The van der Waals surface area contributed by atoms with Crippen molar-refractivity contribution in [1.82, 2.24) is 0 Å². The molecule has 0 aliphatic carbocycles. The monoisotopic (exact) mass is 192 g/mol. The summed E-state index contributed by atoms with van der Waals surface area (Å²) < 4.78 is 0. The number of rotatable bonds is 5. The molecule has 0 spiro atoms. The fraction of sp³-hybridized carbons (Fsp3) is 0.571. The highest BCUT2D eigenvalue weighted by Gasteiger charge is 2.31. The molecule has 0 saturated heterocycles. The van der Waals surface area contributed by atoms with E-state index in [2.05, 4.69) is 6.58 Å². The number of hydrogen-bond donors (Lipinski definition) is 5. The van der Waals surface area contributed by atoms with Crippen LogP contribution in [0.5, 0.6) is 0 Å². The maximum Gasteiger partial charge on any atom is 0.151 e. The number of aldehydes is 1. The van der Waals surface area contributed by atoms with Crippen LogP contribution in [0.25, 0.3) is 0 Å². The Kier molecular flexibility index (Phi) is 4.57. The van der Waals surface area contributed by atoms with Crippen LogP contribution in [-0.2, 0) is 4.79 Å². The van der Waals surface area contributed by atoms with Crippen LogP contribution in [0.2, 0.25) is 0 Å². The van der Waals surface area contributed by atoms with Crippen molar-refractivity contribution in [3.05, 3.63) is 12.3 Å².